The van der Waals surface area contributed by atoms with E-state index in [9.17, 15) is 9.59 Å². The number of ether oxygens (including phenoxy) is 3. The zero-order valence-corrected chi connectivity index (χ0v) is 12.6. The van der Waals surface area contributed by atoms with Crippen molar-refractivity contribution in [1.29, 1.82) is 0 Å². The molecule has 1 heterocycles. The van der Waals surface area contributed by atoms with Crippen LogP contribution in [-0.2, 0) is 19.0 Å². The van der Waals surface area contributed by atoms with Crippen molar-refractivity contribution >= 4 is 12.1 Å². The van der Waals surface area contributed by atoms with Crippen LogP contribution >= 0.6 is 0 Å². The zero-order valence-electron chi connectivity index (χ0n) is 12.6. The molecule has 1 aliphatic heterocycles. The molecule has 0 radical (unpaired) electrons. The van der Waals surface area contributed by atoms with Crippen LogP contribution in [-0.4, -0.2) is 42.0 Å². The Balaban J connectivity index is 1.92. The molecule has 114 valence electrons. The standard InChI is InChI=1S/C14H23NO5/c1-10(16)18-9-14-6-5-13(7-14,8-19-14)15-11(17)20-12(2,3)4/h5-9H2,1-4H3,(H,15,17). The van der Waals surface area contributed by atoms with Gasteiger partial charge >= 0.3 is 12.1 Å². The van der Waals surface area contributed by atoms with Gasteiger partial charge in [-0.15, -0.1) is 0 Å². The van der Waals surface area contributed by atoms with Gasteiger partial charge in [0.1, 0.15) is 17.8 Å². The highest BCUT2D eigenvalue weighted by Crippen LogP contribution is 2.47. The Morgan fingerprint density at radius 2 is 2.00 bits per heavy atom. The molecule has 20 heavy (non-hydrogen) atoms. The maximum Gasteiger partial charge on any atom is 0.408 e. The van der Waals surface area contributed by atoms with E-state index in [-0.39, 0.29) is 18.1 Å². The summed E-state index contributed by atoms with van der Waals surface area (Å²) < 4.78 is 16.1. The summed E-state index contributed by atoms with van der Waals surface area (Å²) in [6.07, 6.45) is 1.82. The fraction of sp³-hybridized carbons (Fsp3) is 0.857. The maximum atomic E-state index is 11.9. The van der Waals surface area contributed by atoms with Gasteiger partial charge < -0.3 is 19.5 Å². The van der Waals surface area contributed by atoms with Crippen molar-refractivity contribution in [1.82, 2.24) is 5.32 Å². The van der Waals surface area contributed by atoms with Crippen molar-refractivity contribution in [3.05, 3.63) is 0 Å². The number of rotatable bonds is 3. The molecule has 2 rings (SSSR count). The van der Waals surface area contributed by atoms with Crippen molar-refractivity contribution < 1.29 is 23.8 Å². The van der Waals surface area contributed by atoms with Crippen LogP contribution in [0.4, 0.5) is 4.79 Å². The Morgan fingerprint density at radius 3 is 2.50 bits per heavy atom. The first-order chi connectivity index (χ1) is 9.14. The zero-order chi connectivity index (χ0) is 15.0. The van der Waals surface area contributed by atoms with Crippen LogP contribution in [0.5, 0.6) is 0 Å². The van der Waals surface area contributed by atoms with Gasteiger partial charge in [0, 0.05) is 13.3 Å². The summed E-state index contributed by atoms with van der Waals surface area (Å²) in [5, 5.41) is 2.93. The Hall–Kier alpha value is -1.30. The number of carbonyl (C=O) groups excluding carboxylic acids is 2. The molecule has 0 aromatic rings. The summed E-state index contributed by atoms with van der Waals surface area (Å²) in [5.41, 5.74) is -1.35. The van der Waals surface area contributed by atoms with Gasteiger partial charge in [0.2, 0.25) is 0 Å². The van der Waals surface area contributed by atoms with Crippen molar-refractivity contribution in [2.24, 2.45) is 0 Å². The van der Waals surface area contributed by atoms with E-state index in [1.165, 1.54) is 6.92 Å². The van der Waals surface area contributed by atoms with Crippen LogP contribution in [0.3, 0.4) is 0 Å². The minimum absolute atomic E-state index is 0.250. The molecule has 2 atom stereocenters. The maximum absolute atomic E-state index is 11.9. The second kappa shape index (κ2) is 4.91. The van der Waals surface area contributed by atoms with Crippen LogP contribution in [0.2, 0.25) is 0 Å². The van der Waals surface area contributed by atoms with E-state index in [0.717, 1.165) is 12.8 Å². The molecule has 1 saturated carbocycles. The molecule has 1 aliphatic carbocycles. The molecule has 6 heteroatoms. The predicted molar refractivity (Wildman–Crippen MR) is 71.3 cm³/mol. The van der Waals surface area contributed by atoms with E-state index in [0.29, 0.717) is 13.0 Å². The van der Waals surface area contributed by atoms with Gasteiger partial charge in [0.05, 0.1) is 12.1 Å². The number of alkyl carbamates (subject to hydrolysis) is 1. The normalized spacial score (nSPS) is 32.0. The van der Waals surface area contributed by atoms with Crippen LogP contribution in [0.25, 0.3) is 0 Å². The summed E-state index contributed by atoms with van der Waals surface area (Å²) in [6.45, 7) is 7.56. The molecule has 1 saturated heterocycles. The molecule has 6 nitrogen and oxygen atoms in total. The van der Waals surface area contributed by atoms with Gasteiger partial charge in [-0.3, -0.25) is 4.79 Å². The van der Waals surface area contributed by atoms with E-state index in [4.69, 9.17) is 14.2 Å². The summed E-state index contributed by atoms with van der Waals surface area (Å²) >= 11 is 0. The first kappa shape index (κ1) is 15.1. The molecule has 0 aromatic carbocycles. The van der Waals surface area contributed by atoms with Crippen LogP contribution in [0.15, 0.2) is 0 Å². The lowest BCUT2D eigenvalue weighted by molar-refractivity contribution is -0.150. The fourth-order valence-corrected chi connectivity index (χ4v) is 2.86. The highest BCUT2D eigenvalue weighted by Gasteiger charge is 2.57. The fourth-order valence-electron chi connectivity index (χ4n) is 2.86. The Kier molecular flexibility index (Phi) is 3.71. The van der Waals surface area contributed by atoms with Crippen molar-refractivity contribution in [3.8, 4) is 0 Å². The molecule has 2 bridgehead atoms. The second-order valence-corrected chi connectivity index (χ2v) is 6.84. The molecular formula is C14H23NO5. The monoisotopic (exact) mass is 285 g/mol. The number of amides is 1. The first-order valence-electron chi connectivity index (χ1n) is 6.92. The predicted octanol–water partition coefficient (Wildman–Crippen LogP) is 1.77. The molecule has 0 aromatic heterocycles. The van der Waals surface area contributed by atoms with E-state index in [2.05, 4.69) is 5.32 Å². The third kappa shape index (κ3) is 3.42. The summed E-state index contributed by atoms with van der Waals surface area (Å²) in [6, 6.07) is 0. The van der Waals surface area contributed by atoms with Gasteiger partial charge in [-0.05, 0) is 33.6 Å². The third-order valence-corrected chi connectivity index (χ3v) is 3.68. The third-order valence-electron chi connectivity index (χ3n) is 3.68. The van der Waals surface area contributed by atoms with E-state index < -0.39 is 17.3 Å². The van der Waals surface area contributed by atoms with E-state index >= 15 is 0 Å². The molecule has 2 aliphatic rings. The van der Waals surface area contributed by atoms with Crippen molar-refractivity contribution in [2.75, 3.05) is 13.2 Å². The molecule has 2 fully saturated rings. The SMILES string of the molecule is CC(=O)OCC12CCC(NC(=O)OC(C)(C)C)(CO1)C2. The van der Waals surface area contributed by atoms with Gasteiger partial charge in [0.25, 0.3) is 0 Å². The summed E-state index contributed by atoms with van der Waals surface area (Å²) in [4.78, 5) is 22.8. The smallest absolute Gasteiger partial charge is 0.408 e. The Bertz CT molecular complexity index is 404. The van der Waals surface area contributed by atoms with Crippen LogP contribution in [0.1, 0.15) is 47.0 Å². The number of carbonyl (C=O) groups is 2. The number of hydrogen-bond acceptors (Lipinski definition) is 5. The number of esters is 1. The largest absolute Gasteiger partial charge is 0.463 e. The highest BCUT2D eigenvalue weighted by atomic mass is 16.6. The molecular weight excluding hydrogens is 262 g/mol. The molecule has 2 unspecified atom stereocenters. The molecule has 1 N–H and O–H groups in total. The van der Waals surface area contributed by atoms with E-state index in [1.807, 2.05) is 20.8 Å². The van der Waals surface area contributed by atoms with Gasteiger partial charge in [0.15, 0.2) is 0 Å². The Labute approximate surface area is 119 Å². The Morgan fingerprint density at radius 1 is 1.30 bits per heavy atom. The minimum atomic E-state index is -0.520. The average Bonchev–Trinajstić information content (AvgIpc) is 2.79. The number of fused-ring (bicyclic) bond motifs is 2. The van der Waals surface area contributed by atoms with Gasteiger partial charge in [-0.1, -0.05) is 0 Å². The molecule has 1 amide bonds. The lowest BCUT2D eigenvalue weighted by Crippen LogP contribution is -2.49. The quantitative estimate of drug-likeness (QED) is 0.800. The van der Waals surface area contributed by atoms with Gasteiger partial charge in [-0.2, -0.15) is 0 Å². The lowest BCUT2D eigenvalue weighted by Gasteiger charge is -2.29. The van der Waals surface area contributed by atoms with Gasteiger partial charge in [-0.25, -0.2) is 4.79 Å². The first-order valence-corrected chi connectivity index (χ1v) is 6.92. The summed E-state index contributed by atoms with van der Waals surface area (Å²) in [5.74, 6) is -0.313. The number of nitrogens with one attached hydrogen (secondary N) is 1. The van der Waals surface area contributed by atoms with Crippen LogP contribution < -0.4 is 5.32 Å². The van der Waals surface area contributed by atoms with Crippen molar-refractivity contribution in [3.63, 3.8) is 0 Å². The highest BCUT2D eigenvalue weighted by molar-refractivity contribution is 5.69. The minimum Gasteiger partial charge on any atom is -0.463 e. The lowest BCUT2D eigenvalue weighted by atomic mass is 9.99. The summed E-state index contributed by atoms with van der Waals surface area (Å²) in [7, 11) is 0. The topological polar surface area (TPSA) is 73.9 Å². The van der Waals surface area contributed by atoms with E-state index in [1.54, 1.807) is 0 Å². The van der Waals surface area contributed by atoms with Crippen LogP contribution in [0, 0.1) is 0 Å². The van der Waals surface area contributed by atoms with Crippen molar-refractivity contribution in [2.45, 2.75) is 63.7 Å². The average molecular weight is 285 g/mol. The number of hydrogen-bond donors (Lipinski definition) is 1. The second-order valence-electron chi connectivity index (χ2n) is 6.84. The molecule has 0 spiro atoms.